The Morgan fingerprint density at radius 2 is 2.35 bits per heavy atom. The van der Waals surface area contributed by atoms with Gasteiger partial charge in [-0.15, -0.1) is 11.3 Å². The first-order valence-electron chi connectivity index (χ1n) is 5.31. The van der Waals surface area contributed by atoms with Crippen LogP contribution >= 0.6 is 22.9 Å². The van der Waals surface area contributed by atoms with Crippen LogP contribution in [0, 0.1) is 6.92 Å². The lowest BCUT2D eigenvalue weighted by atomic mass is 10.0. The lowest BCUT2D eigenvalue weighted by molar-refractivity contribution is 0.558. The van der Waals surface area contributed by atoms with Crippen molar-refractivity contribution in [1.82, 2.24) is 10.4 Å². The van der Waals surface area contributed by atoms with Crippen LogP contribution in [0.2, 0.25) is 5.02 Å². The zero-order chi connectivity index (χ0) is 12.3. The molecule has 5 heteroatoms. The summed E-state index contributed by atoms with van der Waals surface area (Å²) in [6.07, 6.45) is 4.17. The minimum atomic E-state index is 0.0925. The Morgan fingerprint density at radius 3 is 2.94 bits per heavy atom. The molecule has 2 aromatic rings. The number of hydrogen-bond donors (Lipinski definition) is 2. The van der Waals surface area contributed by atoms with Crippen molar-refractivity contribution in [2.24, 2.45) is 5.84 Å². The Balaban J connectivity index is 2.22. The normalized spacial score (nSPS) is 12.6. The molecule has 0 aliphatic rings. The van der Waals surface area contributed by atoms with Gasteiger partial charge in [0, 0.05) is 17.3 Å². The molecule has 0 aromatic carbocycles. The van der Waals surface area contributed by atoms with Gasteiger partial charge in [0.2, 0.25) is 0 Å². The summed E-state index contributed by atoms with van der Waals surface area (Å²) < 4.78 is 0. The van der Waals surface area contributed by atoms with E-state index in [1.807, 2.05) is 6.07 Å². The maximum absolute atomic E-state index is 6.10. The molecule has 0 radical (unpaired) electrons. The predicted octanol–water partition coefficient (Wildman–Crippen LogP) is 2.85. The maximum atomic E-state index is 6.10. The SMILES string of the molecule is Cc1ccsc1C(Cc1ccncc1Cl)NN. The van der Waals surface area contributed by atoms with Gasteiger partial charge in [0.25, 0.3) is 0 Å². The zero-order valence-corrected chi connectivity index (χ0v) is 11.1. The number of nitrogens with zero attached hydrogens (tertiary/aromatic N) is 1. The molecule has 0 saturated carbocycles. The van der Waals surface area contributed by atoms with Crippen molar-refractivity contribution >= 4 is 22.9 Å². The molecule has 2 heterocycles. The molecule has 0 saturated heterocycles. The standard InChI is InChI=1S/C12H14ClN3S/c1-8-3-5-17-12(8)11(16-14)6-9-2-4-15-7-10(9)13/h2-5,7,11,16H,6,14H2,1H3. The molecular formula is C12H14ClN3S. The van der Waals surface area contributed by atoms with Crippen LogP contribution in [-0.4, -0.2) is 4.98 Å². The van der Waals surface area contributed by atoms with Crippen molar-refractivity contribution in [1.29, 1.82) is 0 Å². The van der Waals surface area contributed by atoms with Crippen molar-refractivity contribution in [2.45, 2.75) is 19.4 Å². The lowest BCUT2D eigenvalue weighted by Gasteiger charge is -2.16. The monoisotopic (exact) mass is 267 g/mol. The fourth-order valence-corrected chi connectivity index (χ4v) is 2.94. The summed E-state index contributed by atoms with van der Waals surface area (Å²) in [5.41, 5.74) is 5.16. The van der Waals surface area contributed by atoms with Crippen LogP contribution in [0.25, 0.3) is 0 Å². The fraction of sp³-hybridized carbons (Fsp3) is 0.250. The first kappa shape index (κ1) is 12.5. The third kappa shape index (κ3) is 2.84. The molecule has 17 heavy (non-hydrogen) atoms. The van der Waals surface area contributed by atoms with Gasteiger partial charge in [-0.25, -0.2) is 0 Å². The highest BCUT2D eigenvalue weighted by Crippen LogP contribution is 2.28. The van der Waals surface area contributed by atoms with Crippen molar-refractivity contribution in [2.75, 3.05) is 0 Å². The van der Waals surface area contributed by atoms with Gasteiger partial charge in [0.1, 0.15) is 0 Å². The number of hydrazine groups is 1. The van der Waals surface area contributed by atoms with E-state index >= 15 is 0 Å². The van der Waals surface area contributed by atoms with E-state index in [0.29, 0.717) is 5.02 Å². The zero-order valence-electron chi connectivity index (χ0n) is 9.48. The smallest absolute Gasteiger partial charge is 0.0622 e. The molecule has 3 N–H and O–H groups in total. The Kier molecular flexibility index (Phi) is 4.12. The summed E-state index contributed by atoms with van der Waals surface area (Å²) in [4.78, 5) is 5.23. The van der Waals surface area contributed by atoms with Gasteiger partial charge >= 0.3 is 0 Å². The van der Waals surface area contributed by atoms with Crippen LogP contribution in [-0.2, 0) is 6.42 Å². The number of pyridine rings is 1. The quantitative estimate of drug-likeness (QED) is 0.662. The molecule has 0 bridgehead atoms. The predicted molar refractivity (Wildman–Crippen MR) is 72.1 cm³/mol. The summed E-state index contributed by atoms with van der Waals surface area (Å²) in [5.74, 6) is 5.63. The topological polar surface area (TPSA) is 50.9 Å². The van der Waals surface area contributed by atoms with E-state index in [0.717, 1.165) is 12.0 Å². The Hall–Kier alpha value is -0.940. The number of halogens is 1. The van der Waals surface area contributed by atoms with Gasteiger partial charge in [-0.1, -0.05) is 11.6 Å². The largest absolute Gasteiger partial charge is 0.271 e. The average Bonchev–Trinajstić information content (AvgIpc) is 2.75. The van der Waals surface area contributed by atoms with Gasteiger partial charge in [-0.2, -0.15) is 0 Å². The van der Waals surface area contributed by atoms with Gasteiger partial charge in [0.05, 0.1) is 11.1 Å². The summed E-state index contributed by atoms with van der Waals surface area (Å²) in [6.45, 7) is 2.09. The molecule has 0 spiro atoms. The van der Waals surface area contributed by atoms with E-state index in [9.17, 15) is 0 Å². The fourth-order valence-electron chi connectivity index (χ4n) is 1.76. The highest BCUT2D eigenvalue weighted by Gasteiger charge is 2.15. The average molecular weight is 268 g/mol. The molecule has 1 unspecified atom stereocenters. The maximum Gasteiger partial charge on any atom is 0.0622 e. The van der Waals surface area contributed by atoms with Gasteiger partial charge < -0.3 is 0 Å². The van der Waals surface area contributed by atoms with Crippen LogP contribution < -0.4 is 11.3 Å². The molecule has 90 valence electrons. The van der Waals surface area contributed by atoms with E-state index < -0.39 is 0 Å². The highest BCUT2D eigenvalue weighted by atomic mass is 35.5. The van der Waals surface area contributed by atoms with Crippen molar-refractivity contribution < 1.29 is 0 Å². The number of rotatable bonds is 4. The second kappa shape index (κ2) is 5.60. The third-order valence-electron chi connectivity index (χ3n) is 2.70. The van der Waals surface area contributed by atoms with Gasteiger partial charge in [-0.05, 0) is 42.0 Å². The summed E-state index contributed by atoms with van der Waals surface area (Å²) in [7, 11) is 0. The molecule has 0 aliphatic carbocycles. The van der Waals surface area contributed by atoms with Crippen molar-refractivity contribution in [3.05, 3.63) is 50.9 Å². The van der Waals surface area contributed by atoms with Crippen LogP contribution in [0.15, 0.2) is 29.9 Å². The molecule has 0 amide bonds. The number of nitrogens with two attached hydrogens (primary N) is 1. The van der Waals surface area contributed by atoms with Gasteiger partial charge in [0.15, 0.2) is 0 Å². The second-order valence-electron chi connectivity index (χ2n) is 3.86. The van der Waals surface area contributed by atoms with Crippen molar-refractivity contribution in [3.63, 3.8) is 0 Å². The number of hydrogen-bond acceptors (Lipinski definition) is 4. The molecule has 3 nitrogen and oxygen atoms in total. The number of nitrogens with one attached hydrogen (secondary N) is 1. The minimum Gasteiger partial charge on any atom is -0.271 e. The summed E-state index contributed by atoms with van der Waals surface area (Å²) in [6, 6.07) is 4.11. The van der Waals surface area contributed by atoms with Crippen LogP contribution in [0.3, 0.4) is 0 Å². The number of thiophene rings is 1. The summed E-state index contributed by atoms with van der Waals surface area (Å²) >= 11 is 7.80. The summed E-state index contributed by atoms with van der Waals surface area (Å²) in [5, 5.41) is 2.75. The Bertz CT molecular complexity index is 498. The first-order valence-corrected chi connectivity index (χ1v) is 6.56. The molecule has 0 aliphatic heterocycles. The minimum absolute atomic E-state index is 0.0925. The van der Waals surface area contributed by atoms with E-state index in [2.05, 4.69) is 28.8 Å². The number of aryl methyl sites for hydroxylation is 1. The van der Waals surface area contributed by atoms with Crippen LogP contribution in [0.1, 0.15) is 22.0 Å². The number of aromatic nitrogens is 1. The van der Waals surface area contributed by atoms with Gasteiger partial charge in [-0.3, -0.25) is 16.3 Å². The Labute approximate surface area is 110 Å². The molecule has 1 atom stereocenters. The lowest BCUT2D eigenvalue weighted by Crippen LogP contribution is -2.29. The van der Waals surface area contributed by atoms with E-state index in [4.69, 9.17) is 17.4 Å². The molecule has 2 rings (SSSR count). The molecule has 2 aromatic heterocycles. The molecular weight excluding hydrogens is 254 g/mol. The second-order valence-corrected chi connectivity index (χ2v) is 5.21. The van der Waals surface area contributed by atoms with Crippen LogP contribution in [0.5, 0.6) is 0 Å². The van der Waals surface area contributed by atoms with Crippen LogP contribution in [0.4, 0.5) is 0 Å². The van der Waals surface area contributed by atoms with E-state index in [1.54, 1.807) is 23.7 Å². The van der Waals surface area contributed by atoms with E-state index in [1.165, 1.54) is 10.4 Å². The Morgan fingerprint density at radius 1 is 1.53 bits per heavy atom. The van der Waals surface area contributed by atoms with Crippen molar-refractivity contribution in [3.8, 4) is 0 Å². The highest BCUT2D eigenvalue weighted by molar-refractivity contribution is 7.10. The molecule has 0 fully saturated rings. The third-order valence-corrected chi connectivity index (χ3v) is 4.17. The van der Waals surface area contributed by atoms with E-state index in [-0.39, 0.29) is 6.04 Å². The first-order chi connectivity index (χ1) is 8.22.